The molecule has 308 valence electrons. The van der Waals surface area contributed by atoms with Gasteiger partial charge in [0.2, 0.25) is 0 Å². The summed E-state index contributed by atoms with van der Waals surface area (Å²) in [5.74, 6) is 3.96. The predicted octanol–water partition coefficient (Wildman–Crippen LogP) is 15.2. The molecule has 6 aromatic rings. The van der Waals surface area contributed by atoms with E-state index in [-0.39, 0.29) is 0 Å². The minimum absolute atomic E-state index is 0.617. The Balaban J connectivity index is 1.67. The van der Waals surface area contributed by atoms with E-state index in [1.807, 2.05) is 192 Å². The molecule has 0 heterocycles. The van der Waals surface area contributed by atoms with Gasteiger partial charge in [-0.05, 0) is 150 Å². The van der Waals surface area contributed by atoms with E-state index in [9.17, 15) is 0 Å². The molecule has 0 amide bonds. The molecule has 6 aromatic carbocycles. The van der Waals surface area contributed by atoms with E-state index in [0.29, 0.717) is 34.5 Å². The summed E-state index contributed by atoms with van der Waals surface area (Å²) in [5, 5.41) is 0. The molecular weight excluding hydrogens is 793 g/mol. The first-order valence-corrected chi connectivity index (χ1v) is 23.5. The van der Waals surface area contributed by atoms with Crippen LogP contribution in [0.4, 0.5) is 0 Å². The van der Waals surface area contributed by atoms with Gasteiger partial charge in [-0.2, -0.15) is 0 Å². The fourth-order valence-corrected chi connectivity index (χ4v) is 13.0. The van der Waals surface area contributed by atoms with E-state index >= 15 is 0 Å². The van der Waals surface area contributed by atoms with Crippen LogP contribution in [-0.4, -0.2) is 0 Å². The molecule has 0 radical (unpaired) electrons. The summed E-state index contributed by atoms with van der Waals surface area (Å²) in [6.07, 6.45) is 0. The highest BCUT2D eigenvalue weighted by Gasteiger charge is 2.40. The summed E-state index contributed by atoms with van der Waals surface area (Å²) >= 11 is 0. The summed E-state index contributed by atoms with van der Waals surface area (Å²) in [6.45, 7) is 24.2. The molecule has 0 saturated carbocycles. The second-order valence-electron chi connectivity index (χ2n) is 15.1. The van der Waals surface area contributed by atoms with Crippen LogP contribution in [-0.2, 0) is 0 Å². The summed E-state index contributed by atoms with van der Waals surface area (Å²) in [7, 11) is -8.22. The Kier molecular flexibility index (Phi) is 14.1. The number of nitrogens with one attached hydrogen (secondary N) is 1. The lowest BCUT2D eigenvalue weighted by atomic mass is 10.1. The number of nitrogens with zero attached hydrogens (tertiary/aromatic N) is 1. The lowest BCUT2D eigenvalue weighted by Gasteiger charge is -2.32. The van der Waals surface area contributed by atoms with Crippen LogP contribution < -0.4 is 32.0 Å². The Morgan fingerprint density at radius 1 is 0.339 bits per heavy atom. The van der Waals surface area contributed by atoms with Gasteiger partial charge in [0.15, 0.2) is 0 Å². The summed E-state index contributed by atoms with van der Waals surface area (Å²) in [6, 6.07) is 36.3. The van der Waals surface area contributed by atoms with Crippen LogP contribution in [0.1, 0.15) is 66.8 Å². The Hall–Kier alpha value is -4.83. The molecule has 0 aliphatic heterocycles. The lowest BCUT2D eigenvalue weighted by molar-refractivity contribution is 0.440. The highest BCUT2D eigenvalue weighted by Crippen LogP contribution is 2.63. The maximum absolute atomic E-state index is 7.35. The summed E-state index contributed by atoms with van der Waals surface area (Å²) in [4.78, 5) is 3.72. The van der Waals surface area contributed by atoms with Gasteiger partial charge in [-0.1, -0.05) is 109 Å². The zero-order valence-electron chi connectivity index (χ0n) is 36.1. The first-order chi connectivity index (χ1) is 28.1. The van der Waals surface area contributed by atoms with Crippen LogP contribution in [0, 0.1) is 83.1 Å². The second kappa shape index (κ2) is 19.0. The number of hydrogen-bond donors (Lipinski definition) is 1. The molecule has 0 spiro atoms. The van der Waals surface area contributed by atoms with E-state index in [1.165, 1.54) is 0 Å². The van der Waals surface area contributed by atoms with Crippen molar-refractivity contribution in [3.8, 4) is 34.5 Å². The fourth-order valence-electron chi connectivity index (χ4n) is 6.66. The molecular formula is C48H55N2O6P3. The quantitative estimate of drug-likeness (QED) is 0.103. The summed E-state index contributed by atoms with van der Waals surface area (Å²) in [5.41, 5.74) is 11.2. The molecule has 8 nitrogen and oxygen atoms in total. The first kappa shape index (κ1) is 43.7. The molecule has 0 aliphatic carbocycles. The average molecular weight is 849 g/mol. The molecule has 0 atom stereocenters. The van der Waals surface area contributed by atoms with E-state index < -0.39 is 24.7 Å². The third kappa shape index (κ3) is 10.5. The van der Waals surface area contributed by atoms with Gasteiger partial charge in [-0.3, -0.25) is 0 Å². The van der Waals surface area contributed by atoms with Gasteiger partial charge in [0, 0.05) is 0 Å². The van der Waals surface area contributed by atoms with Gasteiger partial charge in [0.1, 0.15) is 34.5 Å². The van der Waals surface area contributed by atoms with Gasteiger partial charge in [0.05, 0.1) is 0 Å². The number of benzene rings is 6. The van der Waals surface area contributed by atoms with Crippen LogP contribution >= 0.6 is 24.7 Å². The lowest BCUT2D eigenvalue weighted by Crippen LogP contribution is -2.21. The third-order valence-electron chi connectivity index (χ3n) is 9.97. The minimum Gasteiger partial charge on any atom is -0.426 e. The van der Waals surface area contributed by atoms with Crippen molar-refractivity contribution >= 4 is 24.7 Å². The molecule has 0 fully saturated rings. The summed E-state index contributed by atoms with van der Waals surface area (Å²) < 4.78 is 48.2. The molecule has 11 heteroatoms. The molecule has 0 saturated heterocycles. The second-order valence-corrected chi connectivity index (χ2v) is 19.7. The van der Waals surface area contributed by atoms with E-state index in [0.717, 1.165) is 66.8 Å². The Morgan fingerprint density at radius 2 is 0.559 bits per heavy atom. The Bertz CT molecular complexity index is 2240. The highest BCUT2D eigenvalue weighted by atomic mass is 31.3. The first-order valence-electron chi connectivity index (χ1n) is 19.6. The normalized spacial score (nSPS) is 11.4. The highest BCUT2D eigenvalue weighted by molar-refractivity contribution is 7.71. The number of para-hydroxylation sites is 6. The van der Waals surface area contributed by atoms with Crippen molar-refractivity contribution in [2.45, 2.75) is 83.1 Å². The maximum Gasteiger partial charge on any atom is 0.443 e. The van der Waals surface area contributed by atoms with Crippen molar-refractivity contribution in [1.29, 1.82) is 0 Å². The molecule has 0 bridgehead atoms. The van der Waals surface area contributed by atoms with Crippen LogP contribution in [0.3, 0.4) is 0 Å². The van der Waals surface area contributed by atoms with Crippen molar-refractivity contribution in [3.63, 3.8) is 0 Å². The van der Waals surface area contributed by atoms with Gasteiger partial charge >= 0.3 is 24.7 Å². The van der Waals surface area contributed by atoms with E-state index in [4.69, 9.17) is 31.7 Å². The topological polar surface area (TPSA) is 79.8 Å². The van der Waals surface area contributed by atoms with E-state index in [2.05, 4.69) is 4.86 Å². The fraction of sp³-hybridized carbons (Fsp3) is 0.250. The third-order valence-corrected chi connectivity index (χ3v) is 15.4. The van der Waals surface area contributed by atoms with Gasteiger partial charge in [-0.15, -0.1) is 9.37 Å². The smallest absolute Gasteiger partial charge is 0.426 e. The average Bonchev–Trinajstić information content (AvgIpc) is 3.17. The SMILES string of the molecule is Cc1cccc(C)c1OP(N=P(NP(Oc1c(C)cccc1C)Oc1c(C)cccc1C)(Oc1c(C)cccc1C)Oc1c(C)cccc1C)Oc1c(C)cccc1C. The standard InChI is InChI=1S/C48H55N2O6P3/c1-31-19-13-20-32(2)43(31)51-57(52-44-33(3)21-14-22-34(44)4)49-59(55-47-39(9)27-17-28-40(47)10,56-48-41(11)29-18-30-42(48)12)50-58(53-45-35(5)23-15-24-36(45)6)54-46-37(7)25-16-26-38(46)8/h13-30,49H,1-12H3. The van der Waals surface area contributed by atoms with Crippen molar-refractivity contribution in [2.75, 3.05) is 0 Å². The molecule has 1 N–H and O–H groups in total. The monoisotopic (exact) mass is 848 g/mol. The van der Waals surface area contributed by atoms with Crippen LogP contribution in [0.2, 0.25) is 0 Å². The van der Waals surface area contributed by atoms with Crippen molar-refractivity contribution in [1.82, 2.24) is 4.86 Å². The number of rotatable bonds is 15. The van der Waals surface area contributed by atoms with Crippen molar-refractivity contribution in [2.24, 2.45) is 4.52 Å². The van der Waals surface area contributed by atoms with Crippen LogP contribution in [0.25, 0.3) is 0 Å². The maximum atomic E-state index is 7.35. The van der Waals surface area contributed by atoms with Gasteiger partial charge < -0.3 is 27.1 Å². The predicted molar refractivity (Wildman–Crippen MR) is 246 cm³/mol. The van der Waals surface area contributed by atoms with Crippen molar-refractivity contribution < 1.29 is 27.1 Å². The Morgan fingerprint density at radius 3 is 0.814 bits per heavy atom. The molecule has 59 heavy (non-hydrogen) atoms. The van der Waals surface area contributed by atoms with Gasteiger partial charge in [-0.25, -0.2) is 0 Å². The zero-order chi connectivity index (χ0) is 42.4. The van der Waals surface area contributed by atoms with Crippen LogP contribution in [0.5, 0.6) is 34.5 Å². The Labute approximate surface area is 353 Å². The molecule has 6 rings (SSSR count). The van der Waals surface area contributed by atoms with E-state index in [1.54, 1.807) is 0 Å². The molecule has 0 aromatic heterocycles. The van der Waals surface area contributed by atoms with Crippen LogP contribution in [0.15, 0.2) is 114 Å². The number of aryl methyl sites for hydroxylation is 12. The molecule has 0 aliphatic rings. The van der Waals surface area contributed by atoms with Crippen molar-refractivity contribution in [3.05, 3.63) is 176 Å². The molecule has 0 unspecified atom stereocenters. The minimum atomic E-state index is -3.90. The zero-order valence-corrected chi connectivity index (χ0v) is 38.8. The number of hydrogen-bond acceptors (Lipinski definition) is 7. The largest absolute Gasteiger partial charge is 0.443 e. The van der Waals surface area contributed by atoms with Gasteiger partial charge in [0.25, 0.3) is 0 Å².